The van der Waals surface area contributed by atoms with Crippen molar-refractivity contribution >= 4 is 36.9 Å². The van der Waals surface area contributed by atoms with Crippen molar-refractivity contribution in [1.29, 1.82) is 0 Å². The second kappa shape index (κ2) is 24.2. The molecule has 0 aromatic rings. The van der Waals surface area contributed by atoms with Crippen molar-refractivity contribution in [2.75, 3.05) is 0 Å². The van der Waals surface area contributed by atoms with Crippen LogP contribution in [0.1, 0.15) is 116 Å². The number of unbranched alkanes of at least 4 members (excludes halogenated alkanes) is 14. The van der Waals surface area contributed by atoms with E-state index in [9.17, 15) is 0 Å². The van der Waals surface area contributed by atoms with E-state index >= 15 is 0 Å². The van der Waals surface area contributed by atoms with Gasteiger partial charge in [-0.15, -0.1) is 13.2 Å². The molecule has 0 aliphatic heterocycles. The molecule has 0 bridgehead atoms. The lowest BCUT2D eigenvalue weighted by atomic mass is 10.0. The highest BCUT2D eigenvalue weighted by Gasteiger charge is 2.19. The summed E-state index contributed by atoms with van der Waals surface area (Å²) in [6.07, 6.45) is 27.5. The Morgan fingerprint density at radius 2 is 0.939 bits per heavy atom. The first-order chi connectivity index (χ1) is 15.5. The summed E-state index contributed by atoms with van der Waals surface area (Å²) in [4.78, 5) is 0. The largest absolute Gasteiger partial charge is 0.168 e. The molecular formula is C29H60Cl2Si2. The summed E-state index contributed by atoms with van der Waals surface area (Å²) >= 11 is 12.6. The maximum Gasteiger partial charge on any atom is 0.150 e. The SMILES string of the molecule is C=CCCC(C)C[Si](C)(C)Cl.C=CCCCCCCCCCCCCCCCC[Si](C)(C)Cl. The summed E-state index contributed by atoms with van der Waals surface area (Å²) in [6, 6.07) is 2.52. The minimum atomic E-state index is -1.33. The first-order valence-corrected chi connectivity index (χ1v) is 22.5. The highest BCUT2D eigenvalue weighted by Crippen LogP contribution is 2.23. The summed E-state index contributed by atoms with van der Waals surface area (Å²) in [7, 11) is -2.63. The lowest BCUT2D eigenvalue weighted by Gasteiger charge is -2.18. The Hall–Kier alpha value is 0.494. The Morgan fingerprint density at radius 1 is 0.576 bits per heavy atom. The van der Waals surface area contributed by atoms with E-state index in [2.05, 4.69) is 46.3 Å². The van der Waals surface area contributed by atoms with E-state index in [1.165, 1.54) is 115 Å². The van der Waals surface area contributed by atoms with Crippen LogP contribution < -0.4 is 0 Å². The summed E-state index contributed by atoms with van der Waals surface area (Å²) in [5, 5.41) is 0. The number of hydrogen-bond donors (Lipinski definition) is 0. The quantitative estimate of drug-likeness (QED) is 0.0559. The lowest BCUT2D eigenvalue weighted by molar-refractivity contribution is 0.536. The lowest BCUT2D eigenvalue weighted by Crippen LogP contribution is -2.19. The fourth-order valence-corrected chi connectivity index (χ4v) is 8.43. The van der Waals surface area contributed by atoms with E-state index in [0.29, 0.717) is 0 Å². The van der Waals surface area contributed by atoms with Crippen LogP contribution in [0.4, 0.5) is 0 Å². The maximum absolute atomic E-state index is 6.33. The van der Waals surface area contributed by atoms with Gasteiger partial charge >= 0.3 is 0 Å². The van der Waals surface area contributed by atoms with Gasteiger partial charge in [0.1, 0.15) is 7.38 Å². The van der Waals surface area contributed by atoms with Crippen molar-refractivity contribution in [3.05, 3.63) is 25.3 Å². The van der Waals surface area contributed by atoms with Gasteiger partial charge in [-0.05, 0) is 43.7 Å². The molecule has 0 fully saturated rings. The Kier molecular flexibility index (Phi) is 26.1. The van der Waals surface area contributed by atoms with Crippen molar-refractivity contribution in [1.82, 2.24) is 0 Å². The van der Waals surface area contributed by atoms with Crippen molar-refractivity contribution in [2.45, 2.75) is 154 Å². The van der Waals surface area contributed by atoms with E-state index in [0.717, 1.165) is 12.3 Å². The van der Waals surface area contributed by atoms with E-state index in [1.54, 1.807) is 0 Å². The summed E-state index contributed by atoms with van der Waals surface area (Å²) in [5.41, 5.74) is 0. The Morgan fingerprint density at radius 3 is 1.27 bits per heavy atom. The van der Waals surface area contributed by atoms with Crippen molar-refractivity contribution in [2.24, 2.45) is 5.92 Å². The first kappa shape index (κ1) is 35.7. The minimum absolute atomic E-state index is 0.771. The fourth-order valence-electron chi connectivity index (χ4n) is 4.29. The fraction of sp³-hybridized carbons (Fsp3) is 0.862. The minimum Gasteiger partial charge on any atom is -0.168 e. The van der Waals surface area contributed by atoms with Gasteiger partial charge < -0.3 is 0 Å². The molecule has 0 heterocycles. The predicted octanol–water partition coefficient (Wildman–Crippen LogP) is 12.5. The number of rotatable bonds is 22. The van der Waals surface area contributed by atoms with Crippen LogP contribution in [0.3, 0.4) is 0 Å². The topological polar surface area (TPSA) is 0 Å². The zero-order chi connectivity index (χ0) is 25.4. The summed E-state index contributed by atoms with van der Waals surface area (Å²) < 4.78 is 0. The molecule has 0 N–H and O–H groups in total. The standard InChI is InChI=1S/C20H41ClSi.C9H19ClSi/c1-4-5-6-7-8-9-10-11-12-13-14-15-16-17-18-19-20-22(2,3)21;1-5-6-7-9(2)8-11(3,4)10/h4H,1,5-20H2,2-3H3;5,9H,1,6-8H2,2-4H3. The molecule has 0 radical (unpaired) electrons. The van der Waals surface area contributed by atoms with Crippen LogP contribution in [0.25, 0.3) is 0 Å². The maximum atomic E-state index is 6.33. The van der Waals surface area contributed by atoms with Crippen LogP contribution in [0, 0.1) is 5.92 Å². The van der Waals surface area contributed by atoms with Gasteiger partial charge in [0.15, 0.2) is 7.38 Å². The number of allylic oxidation sites excluding steroid dienone is 2. The normalized spacial score (nSPS) is 12.7. The smallest absolute Gasteiger partial charge is 0.150 e. The molecule has 0 nitrogen and oxygen atoms in total. The molecule has 4 heteroatoms. The molecule has 0 rings (SSSR count). The summed E-state index contributed by atoms with van der Waals surface area (Å²) in [5.74, 6) is 0.771. The van der Waals surface area contributed by atoms with Gasteiger partial charge in [-0.3, -0.25) is 0 Å². The third kappa shape index (κ3) is 37.2. The average Bonchev–Trinajstić information content (AvgIpc) is 2.70. The molecule has 1 unspecified atom stereocenters. The molecule has 0 aromatic carbocycles. The molecule has 0 aliphatic rings. The molecular weight excluding hydrogens is 475 g/mol. The van der Waals surface area contributed by atoms with Crippen molar-refractivity contribution in [3.8, 4) is 0 Å². The highest BCUT2D eigenvalue weighted by molar-refractivity contribution is 7.19. The van der Waals surface area contributed by atoms with Crippen molar-refractivity contribution in [3.63, 3.8) is 0 Å². The zero-order valence-corrected chi connectivity index (χ0v) is 26.8. The molecule has 0 spiro atoms. The van der Waals surface area contributed by atoms with Crippen molar-refractivity contribution < 1.29 is 0 Å². The molecule has 0 saturated heterocycles. The van der Waals surface area contributed by atoms with Crippen LogP contribution in [0.5, 0.6) is 0 Å². The third-order valence-corrected chi connectivity index (χ3v) is 10.4. The molecule has 198 valence electrons. The van der Waals surface area contributed by atoms with Crippen LogP contribution in [0.2, 0.25) is 38.3 Å². The second-order valence-electron chi connectivity index (χ2n) is 11.4. The van der Waals surface area contributed by atoms with Crippen LogP contribution in [-0.2, 0) is 0 Å². The van der Waals surface area contributed by atoms with Gasteiger partial charge in [0, 0.05) is 0 Å². The molecule has 0 saturated carbocycles. The predicted molar refractivity (Wildman–Crippen MR) is 164 cm³/mol. The Labute approximate surface area is 221 Å². The second-order valence-corrected chi connectivity index (χ2v) is 25.3. The Bertz CT molecular complexity index is 424. The zero-order valence-electron chi connectivity index (χ0n) is 23.3. The van der Waals surface area contributed by atoms with Crippen LogP contribution in [0.15, 0.2) is 25.3 Å². The third-order valence-electron chi connectivity index (χ3n) is 6.13. The van der Waals surface area contributed by atoms with E-state index in [-0.39, 0.29) is 0 Å². The number of halogens is 2. The summed E-state index contributed by atoms with van der Waals surface area (Å²) in [6.45, 7) is 18.7. The molecule has 33 heavy (non-hydrogen) atoms. The van der Waals surface area contributed by atoms with E-state index < -0.39 is 14.8 Å². The van der Waals surface area contributed by atoms with Gasteiger partial charge in [-0.2, -0.15) is 22.2 Å². The molecule has 0 amide bonds. The van der Waals surface area contributed by atoms with E-state index in [4.69, 9.17) is 22.2 Å². The van der Waals surface area contributed by atoms with Gasteiger partial charge in [-0.25, -0.2) is 0 Å². The number of hydrogen-bond acceptors (Lipinski definition) is 0. The Balaban J connectivity index is 0. The molecule has 0 aliphatic carbocycles. The van der Waals surface area contributed by atoms with Gasteiger partial charge in [0.05, 0.1) is 0 Å². The molecule has 0 aromatic heterocycles. The highest BCUT2D eigenvalue weighted by atomic mass is 35.6. The average molecular weight is 536 g/mol. The first-order valence-electron chi connectivity index (χ1n) is 14.1. The van der Waals surface area contributed by atoms with Crippen LogP contribution >= 0.6 is 22.2 Å². The van der Waals surface area contributed by atoms with Crippen LogP contribution in [-0.4, -0.2) is 14.8 Å². The van der Waals surface area contributed by atoms with Gasteiger partial charge in [0.25, 0.3) is 0 Å². The van der Waals surface area contributed by atoms with Gasteiger partial charge in [-0.1, -0.05) is 129 Å². The molecule has 1 atom stereocenters. The van der Waals surface area contributed by atoms with Gasteiger partial charge in [0.2, 0.25) is 0 Å². The van der Waals surface area contributed by atoms with E-state index in [1.807, 2.05) is 12.2 Å². The monoisotopic (exact) mass is 534 g/mol.